The molecule has 0 unspecified atom stereocenters. The van der Waals surface area contributed by atoms with E-state index in [9.17, 15) is 14.0 Å². The van der Waals surface area contributed by atoms with Gasteiger partial charge >= 0.3 is 0 Å². The molecule has 2 aromatic heterocycles. The number of halogens is 2. The van der Waals surface area contributed by atoms with Gasteiger partial charge in [0.05, 0.1) is 23.2 Å². The first kappa shape index (κ1) is 19.4. The minimum absolute atomic E-state index is 0.0343. The average Bonchev–Trinajstić information content (AvgIpc) is 2.66. The van der Waals surface area contributed by atoms with Crippen molar-refractivity contribution in [3.05, 3.63) is 51.2 Å². The van der Waals surface area contributed by atoms with Crippen LogP contribution in [0.3, 0.4) is 0 Å². The van der Waals surface area contributed by atoms with Gasteiger partial charge in [-0.3, -0.25) is 14.9 Å². The predicted molar refractivity (Wildman–Crippen MR) is 107 cm³/mol. The van der Waals surface area contributed by atoms with Crippen LogP contribution in [0.4, 0.5) is 10.3 Å². The number of aromatic nitrogens is 4. The van der Waals surface area contributed by atoms with E-state index in [1.165, 1.54) is 0 Å². The molecule has 150 valence electrons. The first-order valence-electron chi connectivity index (χ1n) is 9.03. The maximum Gasteiger partial charge on any atom is 0.275 e. The van der Waals surface area contributed by atoms with Crippen molar-refractivity contribution in [1.29, 1.82) is 0 Å². The maximum atomic E-state index is 12.9. The molecule has 0 radical (unpaired) electrons. The highest BCUT2D eigenvalue weighted by atomic mass is 79.9. The molecule has 0 spiro atoms. The molecule has 3 aromatic rings. The molecule has 4 rings (SSSR count). The van der Waals surface area contributed by atoms with Crippen molar-refractivity contribution >= 4 is 38.6 Å². The van der Waals surface area contributed by atoms with Crippen molar-refractivity contribution in [2.75, 3.05) is 5.32 Å². The number of ether oxygens (including phenoxy) is 1. The molecule has 29 heavy (non-hydrogen) atoms. The summed E-state index contributed by atoms with van der Waals surface area (Å²) in [6.07, 6.45) is 3.74. The minimum Gasteiger partial charge on any atom is -0.473 e. The normalized spacial score (nSPS) is 18.3. The van der Waals surface area contributed by atoms with Gasteiger partial charge in [-0.15, -0.1) is 5.10 Å². The first-order chi connectivity index (χ1) is 13.9. The zero-order chi connectivity index (χ0) is 20.5. The van der Waals surface area contributed by atoms with Crippen LogP contribution in [0, 0.1) is 11.7 Å². The summed E-state index contributed by atoms with van der Waals surface area (Å²) >= 11 is 3.40. The Labute approximate surface area is 173 Å². The summed E-state index contributed by atoms with van der Waals surface area (Å²) in [5.74, 6) is -0.345. The lowest BCUT2D eigenvalue weighted by Crippen LogP contribution is -2.34. The van der Waals surface area contributed by atoms with Gasteiger partial charge in [0.15, 0.2) is 5.82 Å². The number of anilines is 1. The predicted octanol–water partition coefficient (Wildman–Crippen LogP) is 2.90. The molecule has 1 aliphatic carbocycles. The molecule has 0 saturated heterocycles. The van der Waals surface area contributed by atoms with Crippen LogP contribution in [-0.4, -0.2) is 31.8 Å². The zero-order valence-electron chi connectivity index (χ0n) is 15.4. The Balaban J connectivity index is 1.63. The minimum atomic E-state index is -0.617. The number of hydrogen-bond acceptors (Lipinski definition) is 6. The highest BCUT2D eigenvalue weighted by Crippen LogP contribution is 2.32. The zero-order valence-corrected chi connectivity index (χ0v) is 17.0. The third-order valence-electron chi connectivity index (χ3n) is 4.66. The smallest absolute Gasteiger partial charge is 0.275 e. The second-order valence-electron chi connectivity index (χ2n) is 7.05. The molecule has 1 N–H and O–H groups in total. The Morgan fingerprint density at radius 1 is 1.31 bits per heavy atom. The van der Waals surface area contributed by atoms with Crippen LogP contribution in [-0.2, 0) is 11.3 Å². The number of nitrogens with one attached hydrogen (secondary N) is 1. The van der Waals surface area contributed by atoms with Crippen molar-refractivity contribution in [1.82, 2.24) is 19.7 Å². The molecule has 0 atom stereocenters. The Hall–Kier alpha value is -2.88. The average molecular weight is 462 g/mol. The van der Waals surface area contributed by atoms with Gasteiger partial charge < -0.3 is 4.74 Å². The molecule has 8 nitrogen and oxygen atoms in total. The van der Waals surface area contributed by atoms with Crippen LogP contribution < -0.4 is 15.6 Å². The second kappa shape index (κ2) is 7.86. The molecule has 0 bridgehead atoms. The van der Waals surface area contributed by atoms with Gasteiger partial charge in [-0.1, -0.05) is 22.9 Å². The summed E-state index contributed by atoms with van der Waals surface area (Å²) in [4.78, 5) is 32.5. The van der Waals surface area contributed by atoms with E-state index in [0.717, 1.165) is 34.4 Å². The summed E-state index contributed by atoms with van der Waals surface area (Å²) in [7, 11) is 0. The van der Waals surface area contributed by atoms with Crippen molar-refractivity contribution in [3.63, 3.8) is 0 Å². The molecule has 10 heteroatoms. The van der Waals surface area contributed by atoms with Crippen molar-refractivity contribution < 1.29 is 13.9 Å². The van der Waals surface area contributed by atoms with Crippen LogP contribution in [0.15, 0.2) is 39.9 Å². The lowest BCUT2D eigenvalue weighted by molar-refractivity contribution is -0.117. The quantitative estimate of drug-likeness (QED) is 0.626. The Morgan fingerprint density at radius 3 is 2.72 bits per heavy atom. The first-order valence-corrected chi connectivity index (χ1v) is 9.83. The lowest BCUT2D eigenvalue weighted by atomic mass is 9.84. The highest BCUT2D eigenvalue weighted by Gasteiger charge is 2.28. The summed E-state index contributed by atoms with van der Waals surface area (Å²) in [6.45, 7) is 1.79. The summed E-state index contributed by atoms with van der Waals surface area (Å²) in [6, 6.07) is 5.19. The van der Waals surface area contributed by atoms with E-state index in [1.54, 1.807) is 18.2 Å². The monoisotopic (exact) mass is 461 g/mol. The molecular weight excluding hydrogens is 445 g/mol. The maximum absolute atomic E-state index is 12.9. The van der Waals surface area contributed by atoms with Gasteiger partial charge in [0.2, 0.25) is 17.7 Å². The molecule has 0 aliphatic heterocycles. The summed E-state index contributed by atoms with van der Waals surface area (Å²) in [5.41, 5.74) is -0.419. The fourth-order valence-corrected chi connectivity index (χ4v) is 3.54. The van der Waals surface area contributed by atoms with Crippen LogP contribution in [0.2, 0.25) is 0 Å². The number of carbonyl (C=O) groups is 1. The Morgan fingerprint density at radius 2 is 2.03 bits per heavy atom. The lowest BCUT2D eigenvalue weighted by Gasteiger charge is -2.32. The van der Waals surface area contributed by atoms with E-state index in [4.69, 9.17) is 4.74 Å². The van der Waals surface area contributed by atoms with Crippen molar-refractivity contribution in [2.24, 2.45) is 5.92 Å². The molecule has 1 aromatic carbocycles. The SMILES string of the molecule is CC1CC(Oc2nn(CC(=O)Nc3ncc(F)cn3)c(=O)c3ccc(Br)cc23)C1. The number of hydrogen-bond donors (Lipinski definition) is 1. The number of amides is 1. The van der Waals surface area contributed by atoms with Crippen LogP contribution in [0.25, 0.3) is 10.8 Å². The topological polar surface area (TPSA) is 99.0 Å². The van der Waals surface area contributed by atoms with E-state index >= 15 is 0 Å². The fraction of sp³-hybridized carbons (Fsp3) is 0.316. The van der Waals surface area contributed by atoms with Gasteiger partial charge in [0.1, 0.15) is 12.6 Å². The third-order valence-corrected chi connectivity index (χ3v) is 5.16. The highest BCUT2D eigenvalue weighted by molar-refractivity contribution is 9.10. The number of rotatable bonds is 5. The number of benzene rings is 1. The Kier molecular flexibility index (Phi) is 5.27. The summed E-state index contributed by atoms with van der Waals surface area (Å²) < 4.78 is 20.7. The van der Waals surface area contributed by atoms with Crippen LogP contribution in [0.1, 0.15) is 19.8 Å². The standard InChI is InChI=1S/C19H17BrFN5O3/c1-10-4-13(5-10)29-17-15-6-11(20)2-3-14(15)18(28)26(25-17)9-16(27)24-19-22-7-12(21)8-23-19/h2-3,6-8,10,13H,4-5,9H2,1H3,(H,22,23,24,27). The number of carbonyl (C=O) groups excluding carboxylic acids is 1. The number of fused-ring (bicyclic) bond motifs is 1. The largest absolute Gasteiger partial charge is 0.473 e. The van der Waals surface area contributed by atoms with Crippen molar-refractivity contribution in [3.8, 4) is 5.88 Å². The van der Waals surface area contributed by atoms with Gasteiger partial charge in [-0.2, -0.15) is 0 Å². The molecule has 1 fully saturated rings. The van der Waals surface area contributed by atoms with E-state index in [1.807, 2.05) is 0 Å². The molecule has 1 amide bonds. The molecular formula is C19H17BrFN5O3. The fourth-order valence-electron chi connectivity index (χ4n) is 3.18. The van der Waals surface area contributed by atoms with Gasteiger partial charge in [-0.05, 0) is 37.0 Å². The second-order valence-corrected chi connectivity index (χ2v) is 7.96. The molecule has 1 aliphatic rings. The van der Waals surface area contributed by atoms with E-state index in [2.05, 4.69) is 43.2 Å². The molecule has 1 saturated carbocycles. The number of nitrogens with zero attached hydrogens (tertiary/aromatic N) is 4. The van der Waals surface area contributed by atoms with Crippen LogP contribution in [0.5, 0.6) is 5.88 Å². The Bertz CT molecular complexity index is 1130. The van der Waals surface area contributed by atoms with Crippen LogP contribution >= 0.6 is 15.9 Å². The summed E-state index contributed by atoms with van der Waals surface area (Å²) in [5, 5.41) is 7.68. The van der Waals surface area contributed by atoms with Gasteiger partial charge in [0, 0.05) is 4.47 Å². The van der Waals surface area contributed by atoms with E-state index in [0.29, 0.717) is 22.6 Å². The van der Waals surface area contributed by atoms with Gasteiger partial charge in [-0.25, -0.2) is 19.0 Å². The van der Waals surface area contributed by atoms with E-state index in [-0.39, 0.29) is 18.6 Å². The van der Waals surface area contributed by atoms with Crippen molar-refractivity contribution in [2.45, 2.75) is 32.4 Å². The van der Waals surface area contributed by atoms with Gasteiger partial charge in [0.25, 0.3) is 5.56 Å². The molecule has 2 heterocycles. The van der Waals surface area contributed by atoms with E-state index < -0.39 is 17.3 Å². The third kappa shape index (κ3) is 4.26.